The number of carbonyl (C=O) groups is 1. The fraction of sp³-hybridized carbons (Fsp3) is 0.273. The number of methoxy groups -OCH3 is 1. The van der Waals surface area contributed by atoms with Gasteiger partial charge >= 0.3 is 0 Å². The van der Waals surface area contributed by atoms with E-state index in [0.717, 1.165) is 11.1 Å². The number of likely N-dealkylation sites (tertiary alicyclic amines) is 1. The van der Waals surface area contributed by atoms with E-state index in [2.05, 4.69) is 15.3 Å². The van der Waals surface area contributed by atoms with E-state index in [4.69, 9.17) is 13.9 Å². The van der Waals surface area contributed by atoms with Gasteiger partial charge in [0.2, 0.25) is 5.88 Å². The van der Waals surface area contributed by atoms with Crippen molar-refractivity contribution in [2.75, 3.05) is 20.2 Å². The number of furan rings is 1. The van der Waals surface area contributed by atoms with Crippen LogP contribution in [-0.4, -0.2) is 57.1 Å². The molecule has 4 heterocycles. The predicted molar refractivity (Wildman–Crippen MR) is 111 cm³/mol. The molecule has 31 heavy (non-hydrogen) atoms. The number of hydrogen-bond acceptors (Lipinski definition) is 7. The Morgan fingerprint density at radius 3 is 2.71 bits per heavy atom. The van der Waals surface area contributed by atoms with Gasteiger partial charge in [0.25, 0.3) is 5.91 Å². The van der Waals surface area contributed by atoms with Crippen molar-refractivity contribution in [3.05, 3.63) is 60.6 Å². The van der Waals surface area contributed by atoms with Crippen LogP contribution in [0.3, 0.4) is 0 Å². The first kappa shape index (κ1) is 19.1. The average molecular weight is 419 g/mol. The Morgan fingerprint density at radius 1 is 1.13 bits per heavy atom. The molecular formula is C22H21N5O4. The molecule has 1 aromatic carbocycles. The number of rotatable bonds is 5. The van der Waals surface area contributed by atoms with Gasteiger partial charge in [-0.15, -0.1) is 10.2 Å². The Labute approximate surface area is 178 Å². The van der Waals surface area contributed by atoms with Crippen molar-refractivity contribution in [3.63, 3.8) is 0 Å². The molecule has 1 fully saturated rings. The van der Waals surface area contributed by atoms with Crippen LogP contribution in [-0.2, 0) is 0 Å². The average Bonchev–Trinajstić information content (AvgIpc) is 3.49. The molecule has 158 valence electrons. The molecule has 0 aliphatic carbocycles. The van der Waals surface area contributed by atoms with E-state index in [1.165, 1.54) is 0 Å². The molecule has 9 heteroatoms. The van der Waals surface area contributed by atoms with Crippen molar-refractivity contribution in [2.45, 2.75) is 18.9 Å². The zero-order chi connectivity index (χ0) is 21.2. The molecule has 1 amide bonds. The summed E-state index contributed by atoms with van der Waals surface area (Å²) in [6.07, 6.45) is 4.89. The second kappa shape index (κ2) is 8.10. The van der Waals surface area contributed by atoms with Crippen LogP contribution < -0.4 is 9.47 Å². The Bertz CT molecular complexity index is 1180. The molecular weight excluding hydrogens is 398 g/mol. The minimum atomic E-state index is -0.114. The third-order valence-electron chi connectivity index (χ3n) is 5.32. The summed E-state index contributed by atoms with van der Waals surface area (Å²) in [6.45, 7) is 1.17. The van der Waals surface area contributed by atoms with Crippen molar-refractivity contribution in [2.24, 2.45) is 0 Å². The molecule has 0 N–H and O–H groups in total. The summed E-state index contributed by atoms with van der Waals surface area (Å²) in [6, 6.07) is 12.7. The highest BCUT2D eigenvalue weighted by atomic mass is 16.5. The summed E-state index contributed by atoms with van der Waals surface area (Å²) in [5.74, 6) is 2.04. The van der Waals surface area contributed by atoms with Crippen LogP contribution in [0.15, 0.2) is 59.3 Å². The lowest BCUT2D eigenvalue weighted by Crippen LogP contribution is -2.41. The monoisotopic (exact) mass is 419 g/mol. The van der Waals surface area contributed by atoms with Crippen LogP contribution in [0.4, 0.5) is 0 Å². The number of carbonyl (C=O) groups excluding carboxylic acids is 1. The summed E-state index contributed by atoms with van der Waals surface area (Å²) in [7, 11) is 1.61. The van der Waals surface area contributed by atoms with E-state index in [0.29, 0.717) is 49.0 Å². The Hall–Kier alpha value is -3.88. The molecule has 0 unspecified atom stereocenters. The summed E-state index contributed by atoms with van der Waals surface area (Å²) in [5, 5.41) is 13.2. The first-order valence-corrected chi connectivity index (χ1v) is 10.1. The molecule has 0 atom stereocenters. The molecule has 0 bridgehead atoms. The topological polar surface area (TPSA) is 95.5 Å². The number of fused-ring (bicyclic) bond motifs is 1. The maximum absolute atomic E-state index is 12.9. The van der Waals surface area contributed by atoms with Crippen LogP contribution in [0.2, 0.25) is 0 Å². The van der Waals surface area contributed by atoms with Gasteiger partial charge < -0.3 is 18.8 Å². The quantitative estimate of drug-likeness (QED) is 0.490. The van der Waals surface area contributed by atoms with Crippen molar-refractivity contribution in [1.29, 1.82) is 0 Å². The molecule has 0 saturated carbocycles. The Morgan fingerprint density at radius 2 is 2.00 bits per heavy atom. The highest BCUT2D eigenvalue weighted by Gasteiger charge is 2.27. The second-order valence-corrected chi connectivity index (χ2v) is 7.30. The normalized spacial score (nSPS) is 14.7. The van der Waals surface area contributed by atoms with Crippen LogP contribution in [0.25, 0.3) is 16.8 Å². The van der Waals surface area contributed by atoms with Crippen LogP contribution in [0, 0.1) is 0 Å². The standard InChI is InChI=1S/C22H21N5O4/c1-29-17-3-4-18-15(13-17)14-19(31-18)22(28)26-11-7-16(8-12-26)30-21-6-5-20(24-25-21)27-10-2-9-23-27/h2-6,9-10,13-14,16H,7-8,11-12H2,1H3. The number of amides is 1. The molecule has 5 rings (SSSR count). The van der Waals surface area contributed by atoms with Crippen LogP contribution in [0.5, 0.6) is 11.6 Å². The molecule has 4 aromatic rings. The smallest absolute Gasteiger partial charge is 0.289 e. The van der Waals surface area contributed by atoms with Gasteiger partial charge in [-0.25, -0.2) is 4.68 Å². The predicted octanol–water partition coefficient (Wildman–Crippen LogP) is 3.10. The third kappa shape index (κ3) is 3.94. The van der Waals surface area contributed by atoms with Crippen molar-refractivity contribution < 1.29 is 18.7 Å². The fourth-order valence-corrected chi connectivity index (χ4v) is 3.66. The number of benzene rings is 1. The molecule has 0 spiro atoms. The molecule has 1 aliphatic heterocycles. The number of hydrogen-bond donors (Lipinski definition) is 0. The number of aromatic nitrogens is 4. The van der Waals surface area contributed by atoms with Gasteiger partial charge in [-0.1, -0.05) is 0 Å². The first-order valence-electron chi connectivity index (χ1n) is 10.1. The van der Waals surface area contributed by atoms with E-state index in [9.17, 15) is 4.79 Å². The van der Waals surface area contributed by atoms with Gasteiger partial charge in [-0.05, 0) is 36.4 Å². The minimum absolute atomic E-state index is 0.0196. The van der Waals surface area contributed by atoms with Gasteiger partial charge in [-0.2, -0.15) is 5.10 Å². The van der Waals surface area contributed by atoms with E-state index in [1.54, 1.807) is 41.2 Å². The molecule has 1 saturated heterocycles. The maximum atomic E-state index is 12.9. The number of piperidine rings is 1. The van der Waals surface area contributed by atoms with E-state index in [-0.39, 0.29) is 12.0 Å². The van der Waals surface area contributed by atoms with Gasteiger partial charge in [0.15, 0.2) is 11.6 Å². The van der Waals surface area contributed by atoms with Crippen LogP contribution in [0.1, 0.15) is 23.4 Å². The van der Waals surface area contributed by atoms with Crippen molar-refractivity contribution >= 4 is 16.9 Å². The maximum Gasteiger partial charge on any atom is 0.289 e. The highest BCUT2D eigenvalue weighted by Crippen LogP contribution is 2.26. The van der Waals surface area contributed by atoms with Gasteiger partial charge in [0.05, 0.1) is 7.11 Å². The lowest BCUT2D eigenvalue weighted by molar-refractivity contribution is 0.0560. The summed E-state index contributed by atoms with van der Waals surface area (Å²) in [4.78, 5) is 14.7. The zero-order valence-corrected chi connectivity index (χ0v) is 17.0. The van der Waals surface area contributed by atoms with E-state index < -0.39 is 0 Å². The number of nitrogens with zero attached hydrogens (tertiary/aromatic N) is 5. The lowest BCUT2D eigenvalue weighted by Gasteiger charge is -2.31. The molecule has 1 aliphatic rings. The van der Waals surface area contributed by atoms with Gasteiger partial charge in [0.1, 0.15) is 17.4 Å². The van der Waals surface area contributed by atoms with Gasteiger partial charge in [0, 0.05) is 49.8 Å². The SMILES string of the molecule is COc1ccc2oc(C(=O)N3CCC(Oc4ccc(-n5cccn5)nn4)CC3)cc2c1. The third-order valence-corrected chi connectivity index (χ3v) is 5.32. The molecule has 3 aromatic heterocycles. The molecule has 9 nitrogen and oxygen atoms in total. The molecule has 0 radical (unpaired) electrons. The first-order chi connectivity index (χ1) is 15.2. The second-order valence-electron chi connectivity index (χ2n) is 7.30. The van der Waals surface area contributed by atoms with Crippen LogP contribution >= 0.6 is 0 Å². The summed E-state index contributed by atoms with van der Waals surface area (Å²) in [5.41, 5.74) is 0.666. The van der Waals surface area contributed by atoms with Crippen molar-refractivity contribution in [1.82, 2.24) is 24.9 Å². The largest absolute Gasteiger partial charge is 0.497 e. The van der Waals surface area contributed by atoms with Gasteiger partial charge in [-0.3, -0.25) is 4.79 Å². The minimum Gasteiger partial charge on any atom is -0.497 e. The Balaban J connectivity index is 1.19. The van der Waals surface area contributed by atoms with Crippen molar-refractivity contribution in [3.8, 4) is 17.4 Å². The summed E-state index contributed by atoms with van der Waals surface area (Å²) >= 11 is 0. The zero-order valence-electron chi connectivity index (χ0n) is 17.0. The summed E-state index contributed by atoms with van der Waals surface area (Å²) < 4.78 is 18.6. The fourth-order valence-electron chi connectivity index (χ4n) is 3.66. The lowest BCUT2D eigenvalue weighted by atomic mass is 10.1. The number of ether oxygens (including phenoxy) is 2. The van der Waals surface area contributed by atoms with E-state index >= 15 is 0 Å². The highest BCUT2D eigenvalue weighted by molar-refractivity contribution is 5.96. The van der Waals surface area contributed by atoms with E-state index in [1.807, 2.05) is 30.3 Å². The Kier molecular flexibility index (Phi) is 4.99.